The minimum absolute atomic E-state index is 0.280. The molecule has 0 amide bonds. The van der Waals surface area contributed by atoms with Gasteiger partial charge in [-0.1, -0.05) is 0 Å². The molecule has 4 nitrogen and oxygen atoms in total. The molecule has 0 radical (unpaired) electrons. The van der Waals surface area contributed by atoms with Gasteiger partial charge in [0.25, 0.3) is 5.56 Å². The van der Waals surface area contributed by atoms with E-state index in [1.807, 2.05) is 0 Å². The summed E-state index contributed by atoms with van der Waals surface area (Å²) in [6, 6.07) is 8.45. The normalized spacial score (nSPS) is 12.4. The van der Waals surface area contributed by atoms with Crippen molar-refractivity contribution in [2.24, 2.45) is 0 Å². The van der Waals surface area contributed by atoms with E-state index in [0.717, 1.165) is 6.07 Å². The highest BCUT2D eigenvalue weighted by Crippen LogP contribution is 2.30. The second kappa shape index (κ2) is 6.42. The maximum absolute atomic E-state index is 13.8. The van der Waals surface area contributed by atoms with Gasteiger partial charge in [-0.05, 0) is 48.9 Å². The fourth-order valence-electron chi connectivity index (χ4n) is 3.16. The number of H-pyrrole nitrogens is 1. The average Bonchev–Trinajstić information content (AvgIpc) is 2.60. The number of hydrogen-bond donors (Lipinski definition) is 2. The van der Waals surface area contributed by atoms with Crippen LogP contribution in [0.15, 0.2) is 53.5 Å². The van der Waals surface area contributed by atoms with Crippen molar-refractivity contribution in [2.45, 2.75) is 13.0 Å². The van der Waals surface area contributed by atoms with Gasteiger partial charge in [0.15, 0.2) is 0 Å². The number of nitrogens with zero attached hydrogens (tertiary/aromatic N) is 1. The number of nitrogens with one attached hydrogen (secondary N) is 2. The fourth-order valence-corrected chi connectivity index (χ4v) is 3.16. The lowest BCUT2D eigenvalue weighted by atomic mass is 10.1. The molecule has 0 saturated carbocycles. The summed E-state index contributed by atoms with van der Waals surface area (Å²) in [6.45, 7) is 1.73. The highest BCUT2D eigenvalue weighted by Gasteiger charge is 2.15. The van der Waals surface area contributed by atoms with Gasteiger partial charge >= 0.3 is 0 Å². The lowest BCUT2D eigenvalue weighted by Crippen LogP contribution is -2.11. The second-order valence-electron chi connectivity index (χ2n) is 6.29. The van der Waals surface area contributed by atoms with E-state index in [1.54, 1.807) is 13.0 Å². The van der Waals surface area contributed by atoms with Crippen LogP contribution in [0.25, 0.3) is 21.7 Å². The second-order valence-corrected chi connectivity index (χ2v) is 6.29. The molecule has 0 aliphatic heterocycles. The Morgan fingerprint density at radius 3 is 2.44 bits per heavy atom. The number of benzene rings is 2. The molecule has 2 aromatic carbocycles. The first-order valence-corrected chi connectivity index (χ1v) is 8.25. The number of aromatic nitrogens is 2. The first kappa shape index (κ1) is 17.1. The lowest BCUT2D eigenvalue weighted by molar-refractivity contribution is 0.577. The molecule has 0 aliphatic carbocycles. The smallest absolute Gasteiger partial charge is 0.258 e. The molecule has 0 spiro atoms. The molecule has 2 aromatic heterocycles. The SMILES string of the molecule is CC(Nc1nc2cc[nH]c(=O)c2c2cc(F)ccc12)c1cc(F)cc(F)c1. The van der Waals surface area contributed by atoms with Crippen molar-refractivity contribution < 1.29 is 13.2 Å². The van der Waals surface area contributed by atoms with Gasteiger partial charge in [-0.15, -0.1) is 0 Å². The minimum Gasteiger partial charge on any atom is -0.363 e. The number of pyridine rings is 2. The Labute approximate surface area is 151 Å². The molecule has 0 aliphatic rings. The topological polar surface area (TPSA) is 57.8 Å². The van der Waals surface area contributed by atoms with Crippen LogP contribution < -0.4 is 10.9 Å². The van der Waals surface area contributed by atoms with Crippen LogP contribution >= 0.6 is 0 Å². The van der Waals surface area contributed by atoms with E-state index in [9.17, 15) is 18.0 Å². The molecule has 4 rings (SSSR count). The van der Waals surface area contributed by atoms with Gasteiger partial charge in [0.05, 0.1) is 16.9 Å². The number of hydrogen-bond acceptors (Lipinski definition) is 3. The Hall–Kier alpha value is -3.35. The molecule has 1 unspecified atom stereocenters. The molecule has 27 heavy (non-hydrogen) atoms. The zero-order valence-corrected chi connectivity index (χ0v) is 14.2. The van der Waals surface area contributed by atoms with E-state index in [4.69, 9.17) is 0 Å². The van der Waals surface area contributed by atoms with E-state index in [2.05, 4.69) is 15.3 Å². The first-order chi connectivity index (χ1) is 12.9. The van der Waals surface area contributed by atoms with Crippen molar-refractivity contribution in [2.75, 3.05) is 5.32 Å². The maximum Gasteiger partial charge on any atom is 0.258 e. The number of aromatic amines is 1. The molecule has 7 heteroatoms. The summed E-state index contributed by atoms with van der Waals surface area (Å²) in [5.74, 6) is -1.45. The van der Waals surface area contributed by atoms with Crippen LogP contribution in [0.1, 0.15) is 18.5 Å². The standard InChI is InChI=1S/C20H14F3N3O/c1-10(11-6-13(22)8-14(23)7-11)25-19-15-3-2-12(21)9-16(15)18-17(26-19)4-5-24-20(18)27/h2-10H,1H3,(H,24,27)(H,25,26). The molecule has 1 atom stereocenters. The molecular formula is C20H14F3N3O. The van der Waals surface area contributed by atoms with Crippen LogP contribution in [0, 0.1) is 17.5 Å². The van der Waals surface area contributed by atoms with Crippen LogP contribution in [0.5, 0.6) is 0 Å². The third-order valence-electron chi connectivity index (χ3n) is 4.42. The number of fused-ring (bicyclic) bond motifs is 3. The quantitative estimate of drug-likeness (QED) is 0.516. The molecule has 2 heterocycles. The monoisotopic (exact) mass is 369 g/mol. The summed E-state index contributed by atoms with van der Waals surface area (Å²) >= 11 is 0. The highest BCUT2D eigenvalue weighted by molar-refractivity contribution is 6.09. The molecule has 136 valence electrons. The Morgan fingerprint density at radius 1 is 0.963 bits per heavy atom. The number of rotatable bonds is 3. The third-order valence-corrected chi connectivity index (χ3v) is 4.42. The Balaban J connectivity index is 1.89. The fraction of sp³-hybridized carbons (Fsp3) is 0.100. The van der Waals surface area contributed by atoms with Crippen molar-refractivity contribution in [1.29, 1.82) is 0 Å². The highest BCUT2D eigenvalue weighted by atomic mass is 19.1. The van der Waals surface area contributed by atoms with Gasteiger partial charge in [0, 0.05) is 23.0 Å². The summed E-state index contributed by atoms with van der Waals surface area (Å²) in [5, 5.41) is 4.32. The van der Waals surface area contributed by atoms with Gasteiger partial charge in [-0.2, -0.15) is 0 Å². The molecule has 2 N–H and O–H groups in total. The van der Waals surface area contributed by atoms with Gasteiger partial charge in [0.1, 0.15) is 23.3 Å². The Morgan fingerprint density at radius 2 is 1.70 bits per heavy atom. The zero-order valence-electron chi connectivity index (χ0n) is 14.2. The van der Waals surface area contributed by atoms with E-state index < -0.39 is 23.5 Å². The van der Waals surface area contributed by atoms with Crippen LogP contribution in [-0.4, -0.2) is 9.97 Å². The molecule has 0 bridgehead atoms. The summed E-state index contributed by atoms with van der Waals surface area (Å²) in [7, 11) is 0. The predicted molar refractivity (Wildman–Crippen MR) is 98.2 cm³/mol. The summed E-state index contributed by atoms with van der Waals surface area (Å²) in [4.78, 5) is 19.2. The Bertz CT molecular complexity index is 1220. The third kappa shape index (κ3) is 3.12. The van der Waals surface area contributed by atoms with Crippen LogP contribution in [0.2, 0.25) is 0 Å². The van der Waals surface area contributed by atoms with Crippen molar-refractivity contribution >= 4 is 27.5 Å². The van der Waals surface area contributed by atoms with E-state index in [1.165, 1.54) is 36.5 Å². The van der Waals surface area contributed by atoms with E-state index >= 15 is 0 Å². The van der Waals surface area contributed by atoms with Crippen molar-refractivity contribution in [3.05, 3.63) is 82.0 Å². The lowest BCUT2D eigenvalue weighted by Gasteiger charge is -2.18. The number of anilines is 1. The largest absolute Gasteiger partial charge is 0.363 e. The predicted octanol–water partition coefficient (Wildman–Crippen LogP) is 4.67. The van der Waals surface area contributed by atoms with Crippen molar-refractivity contribution in [3.8, 4) is 0 Å². The van der Waals surface area contributed by atoms with Crippen LogP contribution in [0.4, 0.5) is 19.0 Å². The summed E-state index contributed by atoms with van der Waals surface area (Å²) < 4.78 is 40.8. The summed E-state index contributed by atoms with van der Waals surface area (Å²) in [6.07, 6.45) is 1.46. The van der Waals surface area contributed by atoms with Gasteiger partial charge in [-0.25, -0.2) is 18.2 Å². The minimum atomic E-state index is -0.677. The van der Waals surface area contributed by atoms with Crippen molar-refractivity contribution in [3.63, 3.8) is 0 Å². The van der Waals surface area contributed by atoms with Crippen molar-refractivity contribution in [1.82, 2.24) is 9.97 Å². The van der Waals surface area contributed by atoms with Gasteiger partial charge in [-0.3, -0.25) is 4.79 Å². The first-order valence-electron chi connectivity index (χ1n) is 8.25. The average molecular weight is 369 g/mol. The Kier molecular flexibility index (Phi) is 4.07. The van der Waals surface area contributed by atoms with Crippen LogP contribution in [-0.2, 0) is 0 Å². The van der Waals surface area contributed by atoms with Gasteiger partial charge < -0.3 is 10.3 Å². The van der Waals surface area contributed by atoms with E-state index in [0.29, 0.717) is 27.7 Å². The molecular weight excluding hydrogens is 355 g/mol. The molecule has 0 fully saturated rings. The van der Waals surface area contributed by atoms with Gasteiger partial charge in [0.2, 0.25) is 0 Å². The van der Waals surface area contributed by atoms with Crippen LogP contribution in [0.3, 0.4) is 0 Å². The number of halogens is 3. The molecule has 0 saturated heterocycles. The maximum atomic E-state index is 13.8. The summed E-state index contributed by atoms with van der Waals surface area (Å²) in [5.41, 5.74) is 0.412. The van der Waals surface area contributed by atoms with E-state index in [-0.39, 0.29) is 10.9 Å². The molecule has 4 aromatic rings. The zero-order chi connectivity index (χ0) is 19.1.